The SMILES string of the molecule is NC(CN1CC[C@H](O)[C@@H](CCF)C1)=NO. The topological polar surface area (TPSA) is 82.1 Å². The van der Waals surface area contributed by atoms with Gasteiger partial charge in [0.25, 0.3) is 0 Å². The predicted octanol–water partition coefficient (Wildman–Crippen LogP) is -0.225. The zero-order valence-corrected chi connectivity index (χ0v) is 8.64. The molecule has 5 nitrogen and oxygen atoms in total. The first-order valence-electron chi connectivity index (χ1n) is 5.10. The Hall–Kier alpha value is -0.880. The molecule has 2 atom stereocenters. The van der Waals surface area contributed by atoms with Crippen molar-refractivity contribution in [1.82, 2.24) is 4.90 Å². The monoisotopic (exact) mass is 219 g/mol. The van der Waals surface area contributed by atoms with Crippen molar-refractivity contribution >= 4 is 5.84 Å². The van der Waals surface area contributed by atoms with Crippen molar-refractivity contribution in [3.63, 3.8) is 0 Å². The molecule has 1 heterocycles. The maximum Gasteiger partial charge on any atom is 0.153 e. The Balaban J connectivity index is 2.42. The number of nitrogens with zero attached hydrogens (tertiary/aromatic N) is 2. The molecule has 4 N–H and O–H groups in total. The van der Waals surface area contributed by atoms with E-state index in [4.69, 9.17) is 10.9 Å². The van der Waals surface area contributed by atoms with E-state index in [-0.39, 0.29) is 11.8 Å². The number of likely N-dealkylation sites (tertiary alicyclic amines) is 1. The molecular weight excluding hydrogens is 201 g/mol. The molecule has 6 heteroatoms. The van der Waals surface area contributed by atoms with Crippen LogP contribution in [0.2, 0.25) is 0 Å². The van der Waals surface area contributed by atoms with Crippen LogP contribution in [-0.2, 0) is 0 Å². The number of amidine groups is 1. The number of rotatable bonds is 4. The van der Waals surface area contributed by atoms with Crippen molar-refractivity contribution in [3.05, 3.63) is 0 Å². The molecule has 0 aliphatic carbocycles. The van der Waals surface area contributed by atoms with Crippen molar-refractivity contribution < 1.29 is 14.7 Å². The Morgan fingerprint density at radius 2 is 2.33 bits per heavy atom. The molecule has 0 saturated carbocycles. The van der Waals surface area contributed by atoms with Crippen molar-refractivity contribution in [2.24, 2.45) is 16.8 Å². The molecule has 1 aliphatic heterocycles. The van der Waals surface area contributed by atoms with Gasteiger partial charge in [0, 0.05) is 19.0 Å². The quantitative estimate of drug-likeness (QED) is 0.264. The van der Waals surface area contributed by atoms with E-state index in [2.05, 4.69) is 5.16 Å². The number of nitrogens with two attached hydrogens (primary N) is 1. The fourth-order valence-electron chi connectivity index (χ4n) is 1.92. The fraction of sp³-hybridized carbons (Fsp3) is 0.889. The Kier molecular flexibility index (Phi) is 4.77. The molecule has 1 fully saturated rings. The molecule has 0 aromatic heterocycles. The first kappa shape index (κ1) is 12.2. The first-order valence-corrected chi connectivity index (χ1v) is 5.10. The molecule has 0 radical (unpaired) electrons. The lowest BCUT2D eigenvalue weighted by Gasteiger charge is -2.35. The third-order valence-electron chi connectivity index (χ3n) is 2.77. The Morgan fingerprint density at radius 1 is 1.60 bits per heavy atom. The van der Waals surface area contributed by atoms with Crippen LogP contribution in [0.4, 0.5) is 4.39 Å². The molecule has 88 valence electrons. The van der Waals surface area contributed by atoms with E-state index in [0.717, 1.165) is 0 Å². The van der Waals surface area contributed by atoms with Crippen LogP contribution >= 0.6 is 0 Å². The van der Waals surface area contributed by atoms with Crippen LogP contribution in [0.5, 0.6) is 0 Å². The molecule has 0 aromatic carbocycles. The highest BCUT2D eigenvalue weighted by Gasteiger charge is 2.27. The van der Waals surface area contributed by atoms with Gasteiger partial charge in [-0.05, 0) is 12.8 Å². The molecule has 1 rings (SSSR count). The van der Waals surface area contributed by atoms with Gasteiger partial charge in [0.2, 0.25) is 0 Å². The molecule has 1 aliphatic rings. The summed E-state index contributed by atoms with van der Waals surface area (Å²) in [5.74, 6) is 0.0978. The van der Waals surface area contributed by atoms with Crippen molar-refractivity contribution in [1.29, 1.82) is 0 Å². The Morgan fingerprint density at radius 3 is 2.93 bits per heavy atom. The van der Waals surface area contributed by atoms with Crippen LogP contribution in [0.3, 0.4) is 0 Å². The molecule has 0 spiro atoms. The van der Waals surface area contributed by atoms with E-state index in [1.54, 1.807) is 0 Å². The smallest absolute Gasteiger partial charge is 0.153 e. The summed E-state index contributed by atoms with van der Waals surface area (Å²) in [6, 6.07) is 0. The number of aliphatic hydroxyl groups excluding tert-OH is 1. The number of hydrogen-bond donors (Lipinski definition) is 3. The van der Waals surface area contributed by atoms with E-state index in [0.29, 0.717) is 32.5 Å². The molecule has 0 bridgehead atoms. The van der Waals surface area contributed by atoms with E-state index in [1.165, 1.54) is 0 Å². The fourth-order valence-corrected chi connectivity index (χ4v) is 1.92. The zero-order valence-electron chi connectivity index (χ0n) is 8.64. The summed E-state index contributed by atoms with van der Waals surface area (Å²) in [4.78, 5) is 1.96. The van der Waals surface area contributed by atoms with Crippen molar-refractivity contribution in [3.8, 4) is 0 Å². The first-order chi connectivity index (χ1) is 7.17. The number of halogens is 1. The lowest BCUT2D eigenvalue weighted by Crippen LogP contribution is -2.46. The highest BCUT2D eigenvalue weighted by molar-refractivity contribution is 5.81. The molecule has 0 amide bonds. The maximum atomic E-state index is 12.2. The lowest BCUT2D eigenvalue weighted by atomic mass is 9.92. The van der Waals surface area contributed by atoms with E-state index in [1.807, 2.05) is 4.90 Å². The van der Waals surface area contributed by atoms with Gasteiger partial charge in [-0.2, -0.15) is 0 Å². The zero-order chi connectivity index (χ0) is 11.3. The second-order valence-corrected chi connectivity index (χ2v) is 3.92. The average molecular weight is 219 g/mol. The molecule has 1 saturated heterocycles. The highest BCUT2D eigenvalue weighted by atomic mass is 19.1. The lowest BCUT2D eigenvalue weighted by molar-refractivity contribution is 0.0255. The summed E-state index contributed by atoms with van der Waals surface area (Å²) >= 11 is 0. The molecule has 0 unspecified atom stereocenters. The van der Waals surface area contributed by atoms with Crippen LogP contribution in [0.25, 0.3) is 0 Å². The van der Waals surface area contributed by atoms with Gasteiger partial charge in [0.1, 0.15) is 0 Å². The van der Waals surface area contributed by atoms with Crippen LogP contribution in [0.1, 0.15) is 12.8 Å². The van der Waals surface area contributed by atoms with Crippen LogP contribution < -0.4 is 5.73 Å². The Bertz CT molecular complexity index is 225. The van der Waals surface area contributed by atoms with E-state index < -0.39 is 12.8 Å². The van der Waals surface area contributed by atoms with Crippen LogP contribution in [-0.4, -0.2) is 53.5 Å². The second-order valence-electron chi connectivity index (χ2n) is 3.92. The molecule has 0 aromatic rings. The average Bonchev–Trinajstić information content (AvgIpc) is 2.23. The van der Waals surface area contributed by atoms with Gasteiger partial charge in [0.05, 0.1) is 19.3 Å². The summed E-state index contributed by atoms with van der Waals surface area (Å²) in [6.45, 7) is 1.24. The minimum Gasteiger partial charge on any atom is -0.409 e. The third kappa shape index (κ3) is 3.64. The normalized spacial score (nSPS) is 29.3. The number of alkyl halides is 1. The van der Waals surface area contributed by atoms with Gasteiger partial charge in [-0.25, -0.2) is 0 Å². The van der Waals surface area contributed by atoms with Crippen LogP contribution in [0, 0.1) is 5.92 Å². The van der Waals surface area contributed by atoms with Crippen molar-refractivity contribution in [2.45, 2.75) is 18.9 Å². The summed E-state index contributed by atoms with van der Waals surface area (Å²) in [7, 11) is 0. The van der Waals surface area contributed by atoms with E-state index >= 15 is 0 Å². The second kappa shape index (κ2) is 5.87. The number of hydrogen-bond acceptors (Lipinski definition) is 4. The van der Waals surface area contributed by atoms with Crippen molar-refractivity contribution in [2.75, 3.05) is 26.3 Å². The Labute approximate surface area is 88.4 Å². The molecular formula is C9H18FN3O2. The summed E-state index contributed by atoms with van der Waals surface area (Å²) in [6.07, 6.45) is 0.557. The summed E-state index contributed by atoms with van der Waals surface area (Å²) in [5.41, 5.74) is 5.38. The highest BCUT2D eigenvalue weighted by Crippen LogP contribution is 2.20. The minimum atomic E-state index is -0.427. The van der Waals surface area contributed by atoms with Gasteiger partial charge in [-0.15, -0.1) is 0 Å². The standard InChI is InChI=1S/C9H18FN3O2/c10-3-1-7-5-13(4-2-8(7)14)6-9(11)12-15/h7-8,14-15H,1-6H2,(H2,11,12)/t7-,8-/m0/s1. The van der Waals surface area contributed by atoms with Gasteiger partial charge in [-0.3, -0.25) is 9.29 Å². The predicted molar refractivity (Wildman–Crippen MR) is 54.6 cm³/mol. The summed E-state index contributed by atoms with van der Waals surface area (Å²) < 4.78 is 12.2. The number of aliphatic hydroxyl groups is 1. The largest absolute Gasteiger partial charge is 0.409 e. The number of piperidine rings is 1. The van der Waals surface area contributed by atoms with Gasteiger partial charge in [0.15, 0.2) is 5.84 Å². The van der Waals surface area contributed by atoms with E-state index in [9.17, 15) is 9.50 Å². The third-order valence-corrected chi connectivity index (χ3v) is 2.77. The molecule has 15 heavy (non-hydrogen) atoms. The van der Waals surface area contributed by atoms with Gasteiger partial charge < -0.3 is 16.0 Å². The maximum absolute atomic E-state index is 12.2. The van der Waals surface area contributed by atoms with Gasteiger partial charge in [-0.1, -0.05) is 5.16 Å². The minimum absolute atomic E-state index is 0.0461. The van der Waals surface area contributed by atoms with Crippen LogP contribution in [0.15, 0.2) is 5.16 Å². The summed E-state index contributed by atoms with van der Waals surface area (Å²) in [5, 5.41) is 20.9. The van der Waals surface area contributed by atoms with Gasteiger partial charge >= 0.3 is 0 Å². The number of oxime groups is 1.